The number of hydrogen-bond acceptors (Lipinski definition) is 4. The van der Waals surface area contributed by atoms with Gasteiger partial charge in [0, 0.05) is 53.1 Å². The number of piperidine rings is 1. The summed E-state index contributed by atoms with van der Waals surface area (Å²) in [5.41, 5.74) is 2.77. The Morgan fingerprint density at radius 2 is 1.84 bits per heavy atom. The largest absolute Gasteiger partial charge is 0.381 e. The third-order valence-corrected chi connectivity index (χ3v) is 6.08. The highest BCUT2D eigenvalue weighted by molar-refractivity contribution is 14.0. The highest BCUT2D eigenvalue weighted by Crippen LogP contribution is 2.16. The Balaban J connectivity index is 0.00000341. The molecule has 0 aromatic heterocycles. The van der Waals surface area contributed by atoms with Crippen LogP contribution in [0.5, 0.6) is 0 Å². The van der Waals surface area contributed by atoms with Crippen molar-refractivity contribution in [3.05, 3.63) is 35.4 Å². The lowest BCUT2D eigenvalue weighted by molar-refractivity contribution is 0.0203. The van der Waals surface area contributed by atoms with Crippen molar-refractivity contribution in [2.75, 3.05) is 53.1 Å². The van der Waals surface area contributed by atoms with Gasteiger partial charge in [0.2, 0.25) is 0 Å². The van der Waals surface area contributed by atoms with Crippen molar-refractivity contribution < 1.29 is 9.47 Å². The summed E-state index contributed by atoms with van der Waals surface area (Å²) in [5.74, 6) is 1.53. The Morgan fingerprint density at radius 3 is 2.58 bits per heavy atom. The van der Waals surface area contributed by atoms with E-state index in [0.717, 1.165) is 71.3 Å². The van der Waals surface area contributed by atoms with Gasteiger partial charge >= 0.3 is 0 Å². The zero-order valence-corrected chi connectivity index (χ0v) is 21.4. The standard InChI is InChI=1S/C24H40N4O2.HI/c1-25-24(26-12-7-15-30-20-21-10-16-29-17-11-21)27-18-22-8-3-4-9-23(22)19-28-13-5-2-6-14-28;/h3-4,8-9,21H,2,5-7,10-20H2,1H3,(H2,25,26,27);1H. The van der Waals surface area contributed by atoms with Gasteiger partial charge in [0.25, 0.3) is 0 Å². The van der Waals surface area contributed by atoms with Crippen LogP contribution in [0.3, 0.4) is 0 Å². The topological polar surface area (TPSA) is 58.1 Å². The number of halogens is 1. The highest BCUT2D eigenvalue weighted by atomic mass is 127. The van der Waals surface area contributed by atoms with Crippen LogP contribution in [0.4, 0.5) is 0 Å². The van der Waals surface area contributed by atoms with E-state index in [2.05, 4.69) is 44.8 Å². The highest BCUT2D eigenvalue weighted by Gasteiger charge is 2.14. The number of guanidine groups is 1. The first-order chi connectivity index (χ1) is 14.8. The lowest BCUT2D eigenvalue weighted by Gasteiger charge is -2.27. The fourth-order valence-corrected chi connectivity index (χ4v) is 4.19. The number of nitrogens with zero attached hydrogens (tertiary/aromatic N) is 2. The van der Waals surface area contributed by atoms with Gasteiger partial charge in [-0.2, -0.15) is 0 Å². The van der Waals surface area contributed by atoms with E-state index in [1.54, 1.807) is 0 Å². The number of ether oxygens (including phenoxy) is 2. The van der Waals surface area contributed by atoms with Crippen LogP contribution in [0.25, 0.3) is 0 Å². The molecule has 2 aliphatic heterocycles. The molecule has 2 saturated heterocycles. The summed E-state index contributed by atoms with van der Waals surface area (Å²) in [4.78, 5) is 6.95. The average Bonchev–Trinajstić information content (AvgIpc) is 2.80. The smallest absolute Gasteiger partial charge is 0.191 e. The molecule has 2 N–H and O–H groups in total. The molecule has 0 spiro atoms. The Bertz CT molecular complexity index is 632. The van der Waals surface area contributed by atoms with E-state index >= 15 is 0 Å². The van der Waals surface area contributed by atoms with Crippen LogP contribution in [0, 0.1) is 5.92 Å². The van der Waals surface area contributed by atoms with Crippen LogP contribution < -0.4 is 10.6 Å². The van der Waals surface area contributed by atoms with Crippen LogP contribution in [0.15, 0.2) is 29.3 Å². The van der Waals surface area contributed by atoms with Gasteiger partial charge in [0.15, 0.2) is 5.96 Å². The molecule has 0 bridgehead atoms. The summed E-state index contributed by atoms with van der Waals surface area (Å²) in [6.07, 6.45) is 7.28. The third-order valence-electron chi connectivity index (χ3n) is 6.08. The van der Waals surface area contributed by atoms with E-state index in [9.17, 15) is 0 Å². The second-order valence-corrected chi connectivity index (χ2v) is 8.44. The van der Waals surface area contributed by atoms with E-state index in [4.69, 9.17) is 9.47 Å². The van der Waals surface area contributed by atoms with Crippen molar-refractivity contribution in [1.82, 2.24) is 15.5 Å². The van der Waals surface area contributed by atoms with Crippen LogP contribution in [0.2, 0.25) is 0 Å². The summed E-state index contributed by atoms with van der Waals surface area (Å²) < 4.78 is 11.2. The predicted octanol–water partition coefficient (Wildman–Crippen LogP) is 3.79. The maximum absolute atomic E-state index is 5.85. The lowest BCUT2D eigenvalue weighted by atomic mass is 10.0. The Labute approximate surface area is 205 Å². The van der Waals surface area contributed by atoms with Crippen molar-refractivity contribution in [2.24, 2.45) is 10.9 Å². The monoisotopic (exact) mass is 544 g/mol. The van der Waals surface area contributed by atoms with Crippen molar-refractivity contribution in [1.29, 1.82) is 0 Å². The molecule has 176 valence electrons. The molecule has 0 saturated carbocycles. The maximum atomic E-state index is 5.85. The maximum Gasteiger partial charge on any atom is 0.191 e. The molecule has 0 aliphatic carbocycles. The molecule has 1 aromatic carbocycles. The normalized spacial score (nSPS) is 18.4. The molecule has 1 aromatic rings. The fourth-order valence-electron chi connectivity index (χ4n) is 4.19. The molecule has 2 aliphatic rings. The molecule has 31 heavy (non-hydrogen) atoms. The molecular weight excluding hydrogens is 503 g/mol. The molecule has 0 radical (unpaired) electrons. The van der Waals surface area contributed by atoms with E-state index in [-0.39, 0.29) is 24.0 Å². The Kier molecular flexibility index (Phi) is 13.5. The minimum Gasteiger partial charge on any atom is -0.381 e. The molecule has 2 fully saturated rings. The summed E-state index contributed by atoms with van der Waals surface area (Å²) in [6, 6.07) is 8.76. The number of nitrogens with one attached hydrogen (secondary N) is 2. The first kappa shape index (κ1) is 26.4. The second kappa shape index (κ2) is 15.8. The molecule has 0 unspecified atom stereocenters. The minimum absolute atomic E-state index is 0. The molecular formula is C24H41IN4O2. The molecule has 0 atom stereocenters. The van der Waals surface area contributed by atoms with Crippen molar-refractivity contribution in [3.8, 4) is 0 Å². The van der Waals surface area contributed by atoms with Crippen molar-refractivity contribution in [3.63, 3.8) is 0 Å². The van der Waals surface area contributed by atoms with Gasteiger partial charge in [0.05, 0.1) is 0 Å². The van der Waals surface area contributed by atoms with Gasteiger partial charge in [-0.15, -0.1) is 24.0 Å². The average molecular weight is 545 g/mol. The van der Waals surface area contributed by atoms with Crippen molar-refractivity contribution in [2.45, 2.75) is 51.6 Å². The molecule has 3 rings (SSSR count). The number of rotatable bonds is 10. The van der Waals surface area contributed by atoms with Crippen LogP contribution in [-0.2, 0) is 22.6 Å². The molecule has 7 heteroatoms. The first-order valence-corrected chi connectivity index (χ1v) is 11.7. The molecule has 6 nitrogen and oxygen atoms in total. The number of likely N-dealkylation sites (tertiary alicyclic amines) is 1. The Morgan fingerprint density at radius 1 is 1.10 bits per heavy atom. The van der Waals surface area contributed by atoms with E-state index in [1.807, 2.05) is 7.05 Å². The lowest BCUT2D eigenvalue weighted by Crippen LogP contribution is -2.38. The zero-order chi connectivity index (χ0) is 20.9. The summed E-state index contributed by atoms with van der Waals surface area (Å²) in [5, 5.41) is 6.88. The van der Waals surface area contributed by atoms with Gasteiger partial charge < -0.3 is 20.1 Å². The fraction of sp³-hybridized carbons (Fsp3) is 0.708. The van der Waals surface area contributed by atoms with Crippen molar-refractivity contribution >= 4 is 29.9 Å². The quantitative estimate of drug-likeness (QED) is 0.203. The SMILES string of the molecule is CN=C(NCCCOCC1CCOCC1)NCc1ccccc1CN1CCCCC1.I. The van der Waals surface area contributed by atoms with Gasteiger partial charge in [-0.25, -0.2) is 0 Å². The second-order valence-electron chi connectivity index (χ2n) is 8.44. The summed E-state index contributed by atoms with van der Waals surface area (Å²) in [6.45, 7) is 8.59. The molecule has 0 amide bonds. The van der Waals surface area contributed by atoms with Gasteiger partial charge in [0.1, 0.15) is 0 Å². The molecule has 2 heterocycles. The van der Waals surface area contributed by atoms with E-state index < -0.39 is 0 Å². The zero-order valence-electron chi connectivity index (χ0n) is 19.1. The number of benzene rings is 1. The summed E-state index contributed by atoms with van der Waals surface area (Å²) in [7, 11) is 1.83. The van der Waals surface area contributed by atoms with Gasteiger partial charge in [-0.3, -0.25) is 9.89 Å². The number of aliphatic imine (C=N–C) groups is 1. The first-order valence-electron chi connectivity index (χ1n) is 11.7. The van der Waals surface area contributed by atoms with Gasteiger partial charge in [-0.1, -0.05) is 30.7 Å². The predicted molar refractivity (Wildman–Crippen MR) is 138 cm³/mol. The van der Waals surface area contributed by atoms with Crippen LogP contribution in [0.1, 0.15) is 49.7 Å². The van der Waals surface area contributed by atoms with Gasteiger partial charge in [-0.05, 0) is 62.2 Å². The van der Waals surface area contributed by atoms with E-state index in [1.165, 1.54) is 43.5 Å². The minimum atomic E-state index is 0. The van der Waals surface area contributed by atoms with Crippen LogP contribution >= 0.6 is 24.0 Å². The van der Waals surface area contributed by atoms with E-state index in [0.29, 0.717) is 5.92 Å². The summed E-state index contributed by atoms with van der Waals surface area (Å²) >= 11 is 0. The number of hydrogen-bond donors (Lipinski definition) is 2. The third kappa shape index (κ3) is 10.1. The Hall–Kier alpha value is -0.900. The van der Waals surface area contributed by atoms with Crippen LogP contribution in [-0.4, -0.2) is 64.0 Å².